The lowest BCUT2D eigenvalue weighted by atomic mass is 9.99. The molecule has 142 valence electrons. The standard InChI is InChI=1S/C19H11ClFIN2O3S/c20-13-8-11(22)6-7-14(13)23-18-12(19(25)28)9-15(24(26)27)16(17(18)21)10-4-2-1-3-5-10/h1-9,23H,(H,25,28). The van der Waals surface area contributed by atoms with Gasteiger partial charge in [0.2, 0.25) is 5.12 Å². The van der Waals surface area contributed by atoms with E-state index in [0.29, 0.717) is 16.3 Å². The highest BCUT2D eigenvalue weighted by Gasteiger charge is 2.28. The fraction of sp³-hybridized carbons (Fsp3) is 0. The van der Waals surface area contributed by atoms with Gasteiger partial charge in [-0.3, -0.25) is 14.9 Å². The van der Waals surface area contributed by atoms with Gasteiger partial charge in [0.15, 0.2) is 5.82 Å². The molecule has 0 saturated carbocycles. The van der Waals surface area contributed by atoms with Crippen molar-refractivity contribution in [1.82, 2.24) is 0 Å². The summed E-state index contributed by atoms with van der Waals surface area (Å²) in [6.07, 6.45) is 0. The molecule has 0 spiro atoms. The molecule has 1 N–H and O–H groups in total. The van der Waals surface area contributed by atoms with Crippen LogP contribution in [0.4, 0.5) is 21.5 Å². The molecule has 0 aliphatic carbocycles. The maximum absolute atomic E-state index is 15.5. The lowest BCUT2D eigenvalue weighted by Crippen LogP contribution is -2.07. The summed E-state index contributed by atoms with van der Waals surface area (Å²) >= 11 is 12.0. The Kier molecular flexibility index (Phi) is 6.21. The molecule has 0 amide bonds. The molecule has 3 aromatic rings. The van der Waals surface area contributed by atoms with Gasteiger partial charge in [0, 0.05) is 9.64 Å². The van der Waals surface area contributed by atoms with Crippen molar-refractivity contribution in [3.05, 3.63) is 84.7 Å². The van der Waals surface area contributed by atoms with Gasteiger partial charge in [0.05, 0.1) is 32.4 Å². The second-order valence-corrected chi connectivity index (χ2v) is 7.74. The average Bonchev–Trinajstić information content (AvgIpc) is 2.65. The largest absolute Gasteiger partial charge is 0.351 e. The lowest BCUT2D eigenvalue weighted by Gasteiger charge is -2.16. The fourth-order valence-corrected chi connectivity index (χ4v) is 3.76. The molecule has 9 heteroatoms. The summed E-state index contributed by atoms with van der Waals surface area (Å²) < 4.78 is 16.4. The molecular formula is C19H11ClFIN2O3S. The first-order valence-corrected chi connectivity index (χ1v) is 9.71. The first kappa shape index (κ1) is 20.6. The number of nitro groups is 1. The van der Waals surface area contributed by atoms with Crippen LogP contribution in [-0.4, -0.2) is 10.0 Å². The zero-order valence-electron chi connectivity index (χ0n) is 13.9. The van der Waals surface area contributed by atoms with Gasteiger partial charge in [0.25, 0.3) is 5.69 Å². The molecule has 3 rings (SSSR count). The van der Waals surface area contributed by atoms with E-state index in [0.717, 1.165) is 9.64 Å². The summed E-state index contributed by atoms with van der Waals surface area (Å²) in [6.45, 7) is 0. The van der Waals surface area contributed by atoms with Crippen LogP contribution in [0.5, 0.6) is 0 Å². The summed E-state index contributed by atoms with van der Waals surface area (Å²) in [5.41, 5.74) is -0.589. The summed E-state index contributed by atoms with van der Waals surface area (Å²) in [6, 6.07) is 14.1. The predicted molar refractivity (Wildman–Crippen MR) is 119 cm³/mol. The van der Waals surface area contributed by atoms with E-state index >= 15 is 4.39 Å². The minimum absolute atomic E-state index is 0.229. The Morgan fingerprint density at radius 2 is 1.86 bits per heavy atom. The lowest BCUT2D eigenvalue weighted by molar-refractivity contribution is -0.384. The molecule has 0 aliphatic heterocycles. The topological polar surface area (TPSA) is 72.2 Å². The van der Waals surface area contributed by atoms with Crippen molar-refractivity contribution in [2.24, 2.45) is 0 Å². The predicted octanol–water partition coefficient (Wildman–Crippen LogP) is 6.47. The number of thiol groups is 1. The molecule has 0 bridgehead atoms. The smallest absolute Gasteiger partial charge is 0.281 e. The number of nitrogens with zero attached hydrogens (tertiary/aromatic N) is 1. The van der Waals surface area contributed by atoms with Gasteiger partial charge in [0.1, 0.15) is 0 Å². The Labute approximate surface area is 183 Å². The molecule has 0 aromatic heterocycles. The Balaban J connectivity index is 2.29. The van der Waals surface area contributed by atoms with Crippen molar-refractivity contribution < 1.29 is 14.1 Å². The van der Waals surface area contributed by atoms with E-state index in [2.05, 4.69) is 40.5 Å². The molecule has 5 nitrogen and oxygen atoms in total. The number of anilines is 2. The van der Waals surface area contributed by atoms with Crippen molar-refractivity contribution >= 4 is 69.0 Å². The first-order chi connectivity index (χ1) is 13.3. The molecule has 0 atom stereocenters. The van der Waals surface area contributed by atoms with Crippen LogP contribution in [0.15, 0.2) is 54.6 Å². The van der Waals surface area contributed by atoms with Crippen molar-refractivity contribution in [3.63, 3.8) is 0 Å². The van der Waals surface area contributed by atoms with Gasteiger partial charge in [-0.15, -0.1) is 12.6 Å². The second kappa shape index (κ2) is 8.46. The number of nitrogens with one attached hydrogen (secondary N) is 1. The summed E-state index contributed by atoms with van der Waals surface area (Å²) in [5.74, 6) is -0.938. The Hall–Kier alpha value is -2.17. The van der Waals surface area contributed by atoms with Crippen LogP contribution >= 0.6 is 46.8 Å². The van der Waals surface area contributed by atoms with E-state index in [-0.39, 0.29) is 16.8 Å². The number of carbonyl (C=O) groups excluding carboxylic acids is 1. The molecule has 0 radical (unpaired) electrons. The quantitative estimate of drug-likeness (QED) is 0.172. The van der Waals surface area contributed by atoms with Crippen LogP contribution in [0.1, 0.15) is 10.4 Å². The van der Waals surface area contributed by atoms with E-state index in [4.69, 9.17) is 11.6 Å². The van der Waals surface area contributed by atoms with Crippen LogP contribution in [0.2, 0.25) is 5.02 Å². The van der Waals surface area contributed by atoms with Gasteiger partial charge in [-0.05, 0) is 46.4 Å². The zero-order valence-corrected chi connectivity index (χ0v) is 17.8. The van der Waals surface area contributed by atoms with Crippen LogP contribution in [0.3, 0.4) is 0 Å². The zero-order chi connectivity index (χ0) is 20.4. The fourth-order valence-electron chi connectivity index (χ4n) is 2.68. The molecule has 3 aromatic carbocycles. The molecule has 0 fully saturated rings. The Bertz CT molecular complexity index is 1100. The van der Waals surface area contributed by atoms with Crippen molar-refractivity contribution in [3.8, 4) is 11.1 Å². The third-order valence-electron chi connectivity index (χ3n) is 3.93. The third kappa shape index (κ3) is 4.13. The number of hydrogen-bond acceptors (Lipinski definition) is 4. The summed E-state index contributed by atoms with van der Waals surface area (Å²) in [4.78, 5) is 22.8. The van der Waals surface area contributed by atoms with E-state index in [9.17, 15) is 14.9 Å². The highest BCUT2D eigenvalue weighted by atomic mass is 127. The van der Waals surface area contributed by atoms with Crippen LogP contribution < -0.4 is 5.32 Å². The average molecular weight is 529 g/mol. The summed E-state index contributed by atoms with van der Waals surface area (Å²) in [5, 5.41) is 13.8. The number of hydrogen-bond donors (Lipinski definition) is 2. The second-order valence-electron chi connectivity index (χ2n) is 5.68. The number of rotatable bonds is 5. The Morgan fingerprint density at radius 3 is 2.43 bits per heavy atom. The van der Waals surface area contributed by atoms with E-state index in [1.165, 1.54) is 0 Å². The maximum Gasteiger partial charge on any atom is 0.281 e. The van der Waals surface area contributed by atoms with Crippen molar-refractivity contribution in [1.29, 1.82) is 0 Å². The van der Waals surface area contributed by atoms with Gasteiger partial charge in [-0.2, -0.15) is 0 Å². The van der Waals surface area contributed by atoms with Crippen LogP contribution in [0, 0.1) is 19.5 Å². The molecule has 28 heavy (non-hydrogen) atoms. The monoisotopic (exact) mass is 528 g/mol. The minimum Gasteiger partial charge on any atom is -0.351 e. The molecule has 0 heterocycles. The van der Waals surface area contributed by atoms with Gasteiger partial charge in [-0.1, -0.05) is 41.9 Å². The number of carbonyl (C=O) groups is 1. The van der Waals surface area contributed by atoms with Gasteiger partial charge >= 0.3 is 0 Å². The van der Waals surface area contributed by atoms with Crippen LogP contribution in [-0.2, 0) is 0 Å². The number of nitro benzene ring substituents is 1. The number of halogens is 3. The Morgan fingerprint density at radius 1 is 1.18 bits per heavy atom. The normalized spacial score (nSPS) is 10.6. The molecule has 0 unspecified atom stereocenters. The van der Waals surface area contributed by atoms with Crippen molar-refractivity contribution in [2.45, 2.75) is 0 Å². The first-order valence-electron chi connectivity index (χ1n) is 7.81. The van der Waals surface area contributed by atoms with Gasteiger partial charge in [-0.25, -0.2) is 4.39 Å². The van der Waals surface area contributed by atoms with Crippen LogP contribution in [0.25, 0.3) is 11.1 Å². The highest BCUT2D eigenvalue weighted by molar-refractivity contribution is 14.1. The van der Waals surface area contributed by atoms with Crippen molar-refractivity contribution in [2.75, 3.05) is 5.32 Å². The summed E-state index contributed by atoms with van der Waals surface area (Å²) in [7, 11) is 0. The van der Waals surface area contributed by atoms with E-state index < -0.39 is 21.5 Å². The number of benzene rings is 3. The SMILES string of the molecule is O=C(S)c1cc([N+](=O)[O-])c(-c2ccccc2)c(F)c1Nc1ccc(I)cc1Cl. The molecular weight excluding hydrogens is 518 g/mol. The molecule has 0 aliphatic rings. The highest BCUT2D eigenvalue weighted by Crippen LogP contribution is 2.41. The van der Waals surface area contributed by atoms with E-state index in [1.807, 2.05) is 0 Å². The minimum atomic E-state index is -0.938. The van der Waals surface area contributed by atoms with Gasteiger partial charge < -0.3 is 5.32 Å². The molecule has 0 saturated heterocycles. The maximum atomic E-state index is 15.5. The van der Waals surface area contributed by atoms with E-state index in [1.54, 1.807) is 48.5 Å². The third-order valence-corrected chi connectivity index (χ3v) is 5.15.